The molecule has 4 aromatic rings. The molecule has 0 saturated carbocycles. The molecule has 1 aliphatic rings. The highest BCUT2D eigenvalue weighted by Gasteiger charge is 2.28. The van der Waals surface area contributed by atoms with Gasteiger partial charge in [-0.15, -0.1) is 0 Å². The highest BCUT2D eigenvalue weighted by molar-refractivity contribution is 5.96. The highest BCUT2D eigenvalue weighted by atomic mass is 19.3. The zero-order chi connectivity index (χ0) is 26.8. The largest absolute Gasteiger partial charge is 0.481 e. The predicted octanol–water partition coefficient (Wildman–Crippen LogP) is 4.99. The summed E-state index contributed by atoms with van der Waals surface area (Å²) in [6, 6.07) is 11.7. The number of carbonyl (C=O) groups excluding carboxylic acids is 1. The van der Waals surface area contributed by atoms with Crippen LogP contribution in [0.4, 0.5) is 20.3 Å². The number of imidazole rings is 1. The second-order valence-corrected chi connectivity index (χ2v) is 9.08. The third-order valence-electron chi connectivity index (χ3n) is 6.65. The summed E-state index contributed by atoms with van der Waals surface area (Å²) in [5.74, 6) is -0.742. The minimum atomic E-state index is -2.89. The smallest absolute Gasteiger partial charge is 0.387 e. The predicted molar refractivity (Wildman–Crippen MR) is 136 cm³/mol. The van der Waals surface area contributed by atoms with Gasteiger partial charge in [-0.1, -0.05) is 0 Å². The number of carboxylic acid groups (broad SMARTS) is 1. The maximum absolute atomic E-state index is 13.0. The number of hydrogen-bond donors (Lipinski definition) is 2. The molecule has 0 bridgehead atoms. The molecule has 2 aromatic heterocycles. The molecule has 0 spiro atoms. The van der Waals surface area contributed by atoms with E-state index in [-0.39, 0.29) is 11.7 Å². The van der Waals surface area contributed by atoms with E-state index in [1.807, 2.05) is 17.4 Å². The number of benzene rings is 2. The van der Waals surface area contributed by atoms with Crippen LogP contribution in [0, 0.1) is 12.8 Å². The fourth-order valence-electron chi connectivity index (χ4n) is 4.65. The summed E-state index contributed by atoms with van der Waals surface area (Å²) in [6.45, 7) is -0.189. The Morgan fingerprint density at radius 2 is 1.84 bits per heavy atom. The van der Waals surface area contributed by atoms with Crippen LogP contribution in [-0.2, 0) is 4.79 Å². The number of fused-ring (bicyclic) bond motifs is 1. The van der Waals surface area contributed by atoms with Gasteiger partial charge in [0, 0.05) is 42.3 Å². The van der Waals surface area contributed by atoms with Crippen molar-refractivity contribution in [2.75, 3.05) is 18.4 Å². The number of carboxylic acids is 1. The lowest BCUT2D eigenvalue weighted by Gasteiger charge is -2.30. The SMILES string of the molecule is Cc1cc(Nc2nccn3c(-c4ccc(OC(F)F)cc4)cnc23)ccc1C(=O)N1CCC(C(=O)O)CC1. The zero-order valence-electron chi connectivity index (χ0n) is 20.5. The van der Waals surface area contributed by atoms with Gasteiger partial charge in [-0.3, -0.25) is 14.0 Å². The molecule has 0 aliphatic carbocycles. The lowest BCUT2D eigenvalue weighted by molar-refractivity contribution is -0.143. The van der Waals surface area contributed by atoms with Gasteiger partial charge in [0.15, 0.2) is 11.5 Å². The van der Waals surface area contributed by atoms with Crippen molar-refractivity contribution in [1.82, 2.24) is 19.3 Å². The van der Waals surface area contributed by atoms with Crippen molar-refractivity contribution in [2.24, 2.45) is 5.92 Å². The number of aromatic nitrogens is 3. The molecular formula is C27H25F2N5O4. The van der Waals surface area contributed by atoms with Crippen molar-refractivity contribution in [2.45, 2.75) is 26.4 Å². The van der Waals surface area contributed by atoms with E-state index in [2.05, 4.69) is 20.0 Å². The molecule has 1 amide bonds. The summed E-state index contributed by atoms with van der Waals surface area (Å²) in [4.78, 5) is 34.8. The van der Waals surface area contributed by atoms with E-state index in [0.29, 0.717) is 43.0 Å². The molecule has 2 N–H and O–H groups in total. The first kappa shape index (κ1) is 25.1. The molecule has 2 aromatic carbocycles. The Hall–Kier alpha value is -4.54. The van der Waals surface area contributed by atoms with Gasteiger partial charge in [-0.2, -0.15) is 8.78 Å². The van der Waals surface area contributed by atoms with E-state index >= 15 is 0 Å². The number of nitrogens with one attached hydrogen (secondary N) is 1. The molecule has 38 heavy (non-hydrogen) atoms. The molecule has 1 aliphatic heterocycles. The summed E-state index contributed by atoms with van der Waals surface area (Å²) < 4.78 is 31.2. The Labute approximate surface area is 216 Å². The van der Waals surface area contributed by atoms with Crippen LogP contribution in [0.1, 0.15) is 28.8 Å². The third kappa shape index (κ3) is 5.13. The van der Waals surface area contributed by atoms with E-state index in [0.717, 1.165) is 22.5 Å². The van der Waals surface area contributed by atoms with Crippen molar-refractivity contribution in [3.8, 4) is 17.0 Å². The second-order valence-electron chi connectivity index (χ2n) is 9.08. The molecule has 11 heteroatoms. The average Bonchev–Trinajstić information content (AvgIpc) is 3.34. The fourth-order valence-corrected chi connectivity index (χ4v) is 4.65. The number of nitrogens with zero attached hydrogens (tertiary/aromatic N) is 4. The first-order chi connectivity index (χ1) is 18.3. The first-order valence-corrected chi connectivity index (χ1v) is 12.1. The van der Waals surface area contributed by atoms with E-state index in [9.17, 15) is 23.5 Å². The number of ether oxygens (including phenoxy) is 1. The van der Waals surface area contributed by atoms with E-state index in [1.54, 1.807) is 47.8 Å². The Morgan fingerprint density at radius 1 is 1.11 bits per heavy atom. The van der Waals surface area contributed by atoms with Crippen LogP contribution in [0.15, 0.2) is 61.1 Å². The minimum Gasteiger partial charge on any atom is -0.481 e. The summed E-state index contributed by atoms with van der Waals surface area (Å²) in [7, 11) is 0. The third-order valence-corrected chi connectivity index (χ3v) is 6.65. The topological polar surface area (TPSA) is 109 Å². The summed E-state index contributed by atoms with van der Waals surface area (Å²) >= 11 is 0. The zero-order valence-corrected chi connectivity index (χ0v) is 20.5. The molecule has 0 atom stereocenters. The molecular weight excluding hydrogens is 496 g/mol. The van der Waals surface area contributed by atoms with Crippen molar-refractivity contribution < 1.29 is 28.2 Å². The van der Waals surface area contributed by atoms with Crippen LogP contribution < -0.4 is 10.1 Å². The number of rotatable bonds is 7. The monoisotopic (exact) mass is 521 g/mol. The number of aliphatic carboxylic acids is 1. The number of aryl methyl sites for hydroxylation is 1. The number of carbonyl (C=O) groups is 2. The van der Waals surface area contributed by atoms with Gasteiger partial charge < -0.3 is 20.1 Å². The number of anilines is 2. The Morgan fingerprint density at radius 3 is 2.50 bits per heavy atom. The van der Waals surface area contributed by atoms with E-state index in [1.165, 1.54) is 12.1 Å². The Kier molecular flexibility index (Phi) is 6.91. The van der Waals surface area contributed by atoms with Crippen molar-refractivity contribution in [3.05, 3.63) is 72.2 Å². The maximum Gasteiger partial charge on any atom is 0.387 e. The van der Waals surface area contributed by atoms with Crippen LogP contribution in [-0.4, -0.2) is 56.0 Å². The fraction of sp³-hybridized carbons (Fsp3) is 0.259. The van der Waals surface area contributed by atoms with Crippen LogP contribution in [0.5, 0.6) is 5.75 Å². The highest BCUT2D eigenvalue weighted by Crippen LogP contribution is 2.28. The minimum absolute atomic E-state index is 0.0728. The van der Waals surface area contributed by atoms with Crippen LogP contribution >= 0.6 is 0 Å². The van der Waals surface area contributed by atoms with Crippen LogP contribution in [0.25, 0.3) is 16.9 Å². The van der Waals surface area contributed by atoms with Crippen molar-refractivity contribution in [1.29, 1.82) is 0 Å². The van der Waals surface area contributed by atoms with E-state index < -0.39 is 18.5 Å². The summed E-state index contributed by atoms with van der Waals surface area (Å²) in [5.41, 5.74) is 4.15. The van der Waals surface area contributed by atoms with E-state index in [4.69, 9.17) is 0 Å². The first-order valence-electron chi connectivity index (χ1n) is 12.1. The van der Waals surface area contributed by atoms with Crippen molar-refractivity contribution in [3.63, 3.8) is 0 Å². The second kappa shape index (κ2) is 10.4. The number of piperidine rings is 1. The molecule has 0 radical (unpaired) electrons. The van der Waals surface area contributed by atoms with Gasteiger partial charge in [0.2, 0.25) is 0 Å². The molecule has 3 heterocycles. The summed E-state index contributed by atoms with van der Waals surface area (Å²) in [6.07, 6.45) is 5.96. The van der Waals surface area contributed by atoms with Gasteiger partial charge in [0.25, 0.3) is 5.91 Å². The molecule has 0 unspecified atom stereocenters. The number of likely N-dealkylation sites (tertiary alicyclic amines) is 1. The van der Waals surface area contributed by atoms with Crippen molar-refractivity contribution >= 4 is 29.0 Å². The van der Waals surface area contributed by atoms with Gasteiger partial charge >= 0.3 is 12.6 Å². The molecule has 1 fully saturated rings. The van der Waals surface area contributed by atoms with Gasteiger partial charge in [0.05, 0.1) is 17.8 Å². The Bertz CT molecular complexity index is 1480. The molecule has 9 nitrogen and oxygen atoms in total. The lowest BCUT2D eigenvalue weighted by atomic mass is 9.96. The van der Waals surface area contributed by atoms with Crippen LogP contribution in [0.2, 0.25) is 0 Å². The van der Waals surface area contributed by atoms with Gasteiger partial charge in [-0.25, -0.2) is 9.97 Å². The van der Waals surface area contributed by atoms with Crippen LogP contribution in [0.3, 0.4) is 0 Å². The lowest BCUT2D eigenvalue weighted by Crippen LogP contribution is -2.40. The Balaban J connectivity index is 1.33. The number of halogens is 2. The normalized spacial score (nSPS) is 14.2. The maximum atomic E-state index is 13.0. The number of amides is 1. The molecule has 196 valence electrons. The quantitative estimate of drug-likeness (QED) is 0.353. The standard InChI is InChI=1S/C27H25F2N5O4/c1-16-14-19(4-7-21(16)25(35)33-11-8-18(9-12-33)26(36)37)32-23-24-31-15-22(34(24)13-10-30-23)17-2-5-20(6-3-17)38-27(28)29/h2-7,10,13-15,18,27H,8-9,11-12H2,1H3,(H,30,32)(H,36,37). The summed E-state index contributed by atoms with van der Waals surface area (Å²) in [5, 5.41) is 12.4. The molecule has 1 saturated heterocycles. The van der Waals surface area contributed by atoms with Gasteiger partial charge in [-0.05, 0) is 67.8 Å². The molecule has 5 rings (SSSR count). The average molecular weight is 522 g/mol. The number of alkyl halides is 2. The van der Waals surface area contributed by atoms with Gasteiger partial charge in [0.1, 0.15) is 5.75 Å². The number of hydrogen-bond acceptors (Lipinski definition) is 6.